The van der Waals surface area contributed by atoms with Gasteiger partial charge in [-0.2, -0.15) is 0 Å². The van der Waals surface area contributed by atoms with Crippen molar-refractivity contribution in [2.24, 2.45) is 0 Å². The molecule has 0 spiro atoms. The van der Waals surface area contributed by atoms with E-state index < -0.39 is 0 Å². The van der Waals surface area contributed by atoms with E-state index in [-0.39, 0.29) is 5.92 Å². The monoisotopic (exact) mass is 415 g/mol. The Balaban J connectivity index is 2.05. The minimum absolute atomic E-state index is 0.153. The number of phenols is 1. The molecule has 0 aliphatic carbocycles. The molecule has 1 N–H and O–H groups in total. The summed E-state index contributed by atoms with van der Waals surface area (Å²) in [5.41, 5.74) is 6.12. The van der Waals surface area contributed by atoms with Crippen LogP contribution in [0.3, 0.4) is 0 Å². The van der Waals surface area contributed by atoms with Crippen molar-refractivity contribution in [1.82, 2.24) is 4.90 Å². The number of hydrogen-bond donors (Lipinski definition) is 1. The number of nitrogens with zero attached hydrogens (tertiary/aromatic N) is 1. The summed E-state index contributed by atoms with van der Waals surface area (Å²) in [5.74, 6) is 0.561. The van der Waals surface area contributed by atoms with Gasteiger partial charge in [0.15, 0.2) is 0 Å². The Bertz CT molecular complexity index is 939. The normalized spacial score (nSPS) is 12.6. The summed E-state index contributed by atoms with van der Waals surface area (Å²) in [6.45, 7) is 12.2. The lowest BCUT2D eigenvalue weighted by molar-refractivity contribution is 0.170. The van der Waals surface area contributed by atoms with Crippen LogP contribution in [-0.2, 0) is 6.42 Å². The van der Waals surface area contributed by atoms with Crippen molar-refractivity contribution in [2.75, 3.05) is 6.54 Å². The molecule has 3 rings (SSSR count). The molecule has 0 aromatic heterocycles. The third kappa shape index (κ3) is 5.77. The van der Waals surface area contributed by atoms with Crippen molar-refractivity contribution in [1.29, 1.82) is 0 Å². The minimum atomic E-state index is 0.153. The molecule has 1 atom stereocenters. The predicted octanol–water partition coefficient (Wildman–Crippen LogP) is 6.93. The smallest absolute Gasteiger partial charge is 0.119 e. The molecule has 2 nitrogen and oxygen atoms in total. The third-order valence-corrected chi connectivity index (χ3v) is 6.34. The van der Waals surface area contributed by atoms with E-state index in [9.17, 15) is 5.11 Å². The van der Waals surface area contributed by atoms with E-state index in [2.05, 4.69) is 100 Å². The topological polar surface area (TPSA) is 23.5 Å². The van der Waals surface area contributed by atoms with Gasteiger partial charge in [-0.25, -0.2) is 0 Å². The molecule has 0 saturated carbocycles. The fraction of sp³-hybridized carbons (Fsp3) is 0.379. The Labute approximate surface area is 188 Å². The van der Waals surface area contributed by atoms with Gasteiger partial charge in [0.05, 0.1) is 0 Å². The van der Waals surface area contributed by atoms with E-state index in [1.807, 2.05) is 12.1 Å². The maximum absolute atomic E-state index is 11.1. The lowest BCUT2D eigenvalue weighted by Gasteiger charge is -2.33. The first-order valence-electron chi connectivity index (χ1n) is 11.5. The molecule has 0 fully saturated rings. The van der Waals surface area contributed by atoms with E-state index in [1.54, 1.807) is 0 Å². The minimum Gasteiger partial charge on any atom is -0.508 e. The molecule has 3 aromatic carbocycles. The van der Waals surface area contributed by atoms with Gasteiger partial charge in [-0.15, -0.1) is 0 Å². The second kappa shape index (κ2) is 10.6. The molecule has 3 aromatic rings. The van der Waals surface area contributed by atoms with Crippen LogP contribution in [0.25, 0.3) is 0 Å². The second-order valence-electron chi connectivity index (χ2n) is 9.13. The first kappa shape index (κ1) is 23.1. The summed E-state index contributed by atoms with van der Waals surface area (Å²) in [6, 6.07) is 26.2. The van der Waals surface area contributed by atoms with Crippen molar-refractivity contribution < 1.29 is 5.11 Å². The average molecular weight is 416 g/mol. The standard InChI is InChI=1S/C29H37NO/c1-21(2)30(22(3)4)19-18-26(25-14-10-7-11-15-25)29-27(23(5)16-17-28(29)31)20-24-12-8-6-9-13-24/h6-17,21-22,26,31H,18-20H2,1-5H3/t26-/m1/s1. The number of phenolic OH excluding ortho intramolecular Hbond substituents is 1. The highest BCUT2D eigenvalue weighted by molar-refractivity contribution is 5.51. The Morgan fingerprint density at radius 2 is 1.35 bits per heavy atom. The summed E-state index contributed by atoms with van der Waals surface area (Å²) >= 11 is 0. The lowest BCUT2D eigenvalue weighted by Crippen LogP contribution is -2.38. The van der Waals surface area contributed by atoms with Crippen LogP contribution in [0, 0.1) is 6.92 Å². The number of hydrogen-bond acceptors (Lipinski definition) is 2. The highest BCUT2D eigenvalue weighted by atomic mass is 16.3. The van der Waals surface area contributed by atoms with Crippen molar-refractivity contribution >= 4 is 0 Å². The van der Waals surface area contributed by atoms with Crippen LogP contribution in [0.1, 0.15) is 67.9 Å². The van der Waals surface area contributed by atoms with Crippen molar-refractivity contribution in [3.8, 4) is 5.75 Å². The van der Waals surface area contributed by atoms with Gasteiger partial charge in [0.25, 0.3) is 0 Å². The van der Waals surface area contributed by atoms with Crippen molar-refractivity contribution in [3.63, 3.8) is 0 Å². The van der Waals surface area contributed by atoms with Gasteiger partial charge in [-0.3, -0.25) is 4.90 Å². The van der Waals surface area contributed by atoms with E-state index in [4.69, 9.17) is 0 Å². The molecule has 0 amide bonds. The first-order chi connectivity index (χ1) is 14.9. The SMILES string of the molecule is Cc1ccc(O)c([C@H](CCN(C(C)C)C(C)C)c2ccccc2)c1Cc1ccccc1. The van der Waals surface area contributed by atoms with Gasteiger partial charge in [0.2, 0.25) is 0 Å². The summed E-state index contributed by atoms with van der Waals surface area (Å²) in [7, 11) is 0. The van der Waals surface area contributed by atoms with Gasteiger partial charge in [0.1, 0.15) is 5.75 Å². The van der Waals surface area contributed by atoms with Crippen LogP contribution < -0.4 is 0 Å². The Morgan fingerprint density at radius 1 is 0.774 bits per heavy atom. The zero-order valence-electron chi connectivity index (χ0n) is 19.7. The molecule has 164 valence electrons. The number of rotatable bonds is 9. The number of aromatic hydroxyl groups is 1. The highest BCUT2D eigenvalue weighted by Crippen LogP contribution is 2.39. The summed E-state index contributed by atoms with van der Waals surface area (Å²) in [4.78, 5) is 2.54. The van der Waals surface area contributed by atoms with Crippen LogP contribution in [0.5, 0.6) is 5.75 Å². The Kier molecular flexibility index (Phi) is 7.92. The molecular formula is C29H37NO. The summed E-state index contributed by atoms with van der Waals surface area (Å²) in [6.07, 6.45) is 1.80. The fourth-order valence-electron chi connectivity index (χ4n) is 4.74. The maximum Gasteiger partial charge on any atom is 0.119 e. The highest BCUT2D eigenvalue weighted by Gasteiger charge is 2.24. The largest absolute Gasteiger partial charge is 0.508 e. The molecular weight excluding hydrogens is 378 g/mol. The van der Waals surface area contributed by atoms with Gasteiger partial charge in [0, 0.05) is 23.6 Å². The second-order valence-corrected chi connectivity index (χ2v) is 9.13. The molecule has 0 radical (unpaired) electrons. The first-order valence-corrected chi connectivity index (χ1v) is 11.5. The average Bonchev–Trinajstić information content (AvgIpc) is 2.75. The predicted molar refractivity (Wildman–Crippen MR) is 132 cm³/mol. The van der Waals surface area contributed by atoms with Crippen LogP contribution in [0.15, 0.2) is 72.8 Å². The van der Waals surface area contributed by atoms with Crippen molar-refractivity contribution in [2.45, 2.75) is 65.5 Å². The molecule has 2 heteroatoms. The third-order valence-electron chi connectivity index (χ3n) is 6.34. The van der Waals surface area contributed by atoms with Crippen LogP contribution in [0.2, 0.25) is 0 Å². The number of aryl methyl sites for hydroxylation is 1. The van der Waals surface area contributed by atoms with Crippen LogP contribution in [0.4, 0.5) is 0 Å². The summed E-state index contributed by atoms with van der Waals surface area (Å²) < 4.78 is 0. The van der Waals surface area contributed by atoms with E-state index >= 15 is 0 Å². The van der Waals surface area contributed by atoms with Crippen LogP contribution in [-0.4, -0.2) is 28.6 Å². The number of benzene rings is 3. The van der Waals surface area contributed by atoms with Crippen molar-refractivity contribution in [3.05, 3.63) is 101 Å². The van der Waals surface area contributed by atoms with Gasteiger partial charge < -0.3 is 5.11 Å². The fourth-order valence-corrected chi connectivity index (χ4v) is 4.74. The molecule has 0 heterocycles. The molecule has 0 bridgehead atoms. The Morgan fingerprint density at radius 3 is 1.94 bits per heavy atom. The Hall–Kier alpha value is -2.58. The summed E-state index contributed by atoms with van der Waals surface area (Å²) in [5, 5.41) is 11.1. The molecule has 31 heavy (non-hydrogen) atoms. The van der Waals surface area contributed by atoms with Crippen LogP contribution >= 0.6 is 0 Å². The zero-order valence-corrected chi connectivity index (χ0v) is 19.7. The van der Waals surface area contributed by atoms with E-state index in [1.165, 1.54) is 22.3 Å². The van der Waals surface area contributed by atoms with Gasteiger partial charge in [-0.05, 0) is 82.3 Å². The van der Waals surface area contributed by atoms with Gasteiger partial charge in [-0.1, -0.05) is 66.7 Å². The molecule has 0 aliphatic heterocycles. The zero-order chi connectivity index (χ0) is 22.4. The molecule has 0 saturated heterocycles. The quantitative estimate of drug-likeness (QED) is 0.409. The maximum atomic E-state index is 11.1. The van der Waals surface area contributed by atoms with Gasteiger partial charge >= 0.3 is 0 Å². The lowest BCUT2D eigenvalue weighted by atomic mass is 9.81. The molecule has 0 aliphatic rings. The van der Waals surface area contributed by atoms with E-state index in [0.717, 1.165) is 24.9 Å². The van der Waals surface area contributed by atoms with E-state index in [0.29, 0.717) is 17.8 Å². The molecule has 0 unspecified atom stereocenters.